The molecule has 0 saturated heterocycles. The van der Waals surface area contributed by atoms with E-state index in [2.05, 4.69) is 10.0 Å². The molecule has 7 heteroatoms. The summed E-state index contributed by atoms with van der Waals surface area (Å²) in [5.41, 5.74) is 4.69. The van der Waals surface area contributed by atoms with E-state index in [0.717, 1.165) is 22.3 Å². The van der Waals surface area contributed by atoms with Crippen molar-refractivity contribution in [1.82, 2.24) is 0 Å². The van der Waals surface area contributed by atoms with Crippen molar-refractivity contribution >= 4 is 27.2 Å². The van der Waals surface area contributed by atoms with E-state index in [4.69, 9.17) is 0 Å². The number of benzene rings is 2. The molecule has 0 bridgehead atoms. The van der Waals surface area contributed by atoms with Gasteiger partial charge < -0.3 is 10.4 Å². The van der Waals surface area contributed by atoms with Crippen LogP contribution in [0.1, 0.15) is 35.6 Å². The molecular weight excluding hydrogens is 376 g/mol. The highest BCUT2D eigenvalue weighted by molar-refractivity contribution is 7.92. The first-order valence-electron chi connectivity index (χ1n) is 9.34. The predicted octanol–water partition coefficient (Wildman–Crippen LogP) is 2.95. The molecule has 0 fully saturated rings. The van der Waals surface area contributed by atoms with Gasteiger partial charge >= 0.3 is 0 Å². The third kappa shape index (κ3) is 4.36. The molecule has 1 aliphatic rings. The molecule has 0 heterocycles. The second-order valence-electron chi connectivity index (χ2n) is 7.47. The topological polar surface area (TPSA) is 95.5 Å². The fourth-order valence-electron chi connectivity index (χ4n) is 3.30. The Morgan fingerprint density at radius 1 is 1.07 bits per heavy atom. The maximum absolute atomic E-state index is 13.2. The van der Waals surface area contributed by atoms with Crippen LogP contribution in [0.25, 0.3) is 0 Å². The molecule has 3 N–H and O–H groups in total. The largest absolute Gasteiger partial charge is 0.394 e. The van der Waals surface area contributed by atoms with Crippen LogP contribution >= 0.6 is 0 Å². The van der Waals surface area contributed by atoms with Crippen molar-refractivity contribution in [2.45, 2.75) is 51.0 Å². The summed E-state index contributed by atoms with van der Waals surface area (Å²) >= 11 is 0. The second kappa shape index (κ2) is 7.93. The van der Waals surface area contributed by atoms with Crippen LogP contribution < -0.4 is 10.0 Å². The number of ketones is 1. The molecule has 0 radical (unpaired) electrons. The lowest BCUT2D eigenvalue weighted by atomic mass is 9.90. The zero-order valence-corrected chi connectivity index (χ0v) is 17.2. The third-order valence-corrected chi connectivity index (χ3v) is 6.51. The van der Waals surface area contributed by atoms with Gasteiger partial charge in [0.25, 0.3) is 10.0 Å². The quantitative estimate of drug-likeness (QED) is 0.690. The summed E-state index contributed by atoms with van der Waals surface area (Å²) in [5, 5.41) is 12.4. The van der Waals surface area contributed by atoms with Gasteiger partial charge in [-0.15, -0.1) is 0 Å². The number of carbonyl (C=O) groups is 1. The standard InChI is InChI=1S/C21H26N2O4S/c1-13-4-6-18(8-14(13)2)23-28(26,27)21-11-16-5-7-19(25)9-17(16)10-20(21)22-15(3)12-24/h4,6,8,10-11,15,22-24H,5,7,9,12H2,1-3H3. The van der Waals surface area contributed by atoms with Gasteiger partial charge in [0, 0.05) is 24.6 Å². The highest BCUT2D eigenvalue weighted by Crippen LogP contribution is 2.31. The maximum atomic E-state index is 13.2. The summed E-state index contributed by atoms with van der Waals surface area (Å²) in [6, 6.07) is 8.46. The first-order valence-corrected chi connectivity index (χ1v) is 10.8. The minimum Gasteiger partial charge on any atom is -0.394 e. The molecule has 1 atom stereocenters. The van der Waals surface area contributed by atoms with Gasteiger partial charge in [0.1, 0.15) is 10.7 Å². The number of aliphatic hydroxyl groups is 1. The number of carbonyl (C=O) groups excluding carboxylic acids is 1. The number of fused-ring (bicyclic) bond motifs is 1. The number of nitrogens with one attached hydrogen (secondary N) is 2. The van der Waals surface area contributed by atoms with Crippen LogP contribution in [-0.2, 0) is 27.7 Å². The van der Waals surface area contributed by atoms with E-state index in [0.29, 0.717) is 30.6 Å². The molecule has 0 amide bonds. The van der Waals surface area contributed by atoms with Crippen LogP contribution in [0.4, 0.5) is 11.4 Å². The molecule has 150 valence electrons. The zero-order chi connectivity index (χ0) is 20.5. The fraction of sp³-hybridized carbons (Fsp3) is 0.381. The Kier molecular flexibility index (Phi) is 5.76. The third-order valence-electron chi connectivity index (χ3n) is 5.09. The summed E-state index contributed by atoms with van der Waals surface area (Å²) in [4.78, 5) is 11.9. The molecule has 0 spiro atoms. The van der Waals surface area contributed by atoms with E-state index in [-0.39, 0.29) is 23.3 Å². The van der Waals surface area contributed by atoms with Gasteiger partial charge in [-0.25, -0.2) is 8.42 Å². The van der Waals surface area contributed by atoms with E-state index < -0.39 is 10.0 Å². The minimum atomic E-state index is -3.85. The lowest BCUT2D eigenvalue weighted by Gasteiger charge is -2.22. The molecule has 0 aliphatic heterocycles. The van der Waals surface area contributed by atoms with Gasteiger partial charge in [0.05, 0.1) is 12.3 Å². The average molecular weight is 403 g/mol. The number of hydrogen-bond acceptors (Lipinski definition) is 5. The summed E-state index contributed by atoms with van der Waals surface area (Å²) in [5.74, 6) is 0.150. The Morgan fingerprint density at radius 3 is 2.50 bits per heavy atom. The number of sulfonamides is 1. The van der Waals surface area contributed by atoms with Crippen molar-refractivity contribution in [3.8, 4) is 0 Å². The smallest absolute Gasteiger partial charge is 0.263 e. The Hall–Kier alpha value is -2.38. The lowest BCUT2D eigenvalue weighted by Crippen LogP contribution is -2.24. The van der Waals surface area contributed by atoms with Crippen molar-refractivity contribution in [2.24, 2.45) is 0 Å². The zero-order valence-electron chi connectivity index (χ0n) is 16.4. The van der Waals surface area contributed by atoms with Crippen molar-refractivity contribution in [3.05, 3.63) is 52.6 Å². The van der Waals surface area contributed by atoms with E-state index in [1.807, 2.05) is 19.9 Å². The highest BCUT2D eigenvalue weighted by atomic mass is 32.2. The van der Waals surface area contributed by atoms with E-state index in [1.165, 1.54) is 0 Å². The molecule has 0 aromatic heterocycles. The van der Waals surface area contributed by atoms with Gasteiger partial charge in [0.2, 0.25) is 0 Å². The van der Waals surface area contributed by atoms with Crippen LogP contribution in [0.15, 0.2) is 35.2 Å². The van der Waals surface area contributed by atoms with Crippen molar-refractivity contribution in [1.29, 1.82) is 0 Å². The van der Waals surface area contributed by atoms with Gasteiger partial charge in [-0.05, 0) is 73.7 Å². The molecule has 1 unspecified atom stereocenters. The normalized spacial score (nSPS) is 15.1. The molecule has 2 aromatic carbocycles. The van der Waals surface area contributed by atoms with Crippen LogP contribution in [0.2, 0.25) is 0 Å². The van der Waals surface area contributed by atoms with Crippen LogP contribution in [0, 0.1) is 13.8 Å². The summed E-state index contributed by atoms with van der Waals surface area (Å²) in [6.45, 7) is 5.52. The highest BCUT2D eigenvalue weighted by Gasteiger charge is 2.25. The van der Waals surface area contributed by atoms with Gasteiger partial charge in [0.15, 0.2) is 0 Å². The molecule has 0 saturated carbocycles. The molecule has 1 aliphatic carbocycles. The Balaban J connectivity index is 2.04. The maximum Gasteiger partial charge on any atom is 0.263 e. The van der Waals surface area contributed by atoms with E-state index in [9.17, 15) is 18.3 Å². The summed E-state index contributed by atoms with van der Waals surface area (Å²) in [7, 11) is -3.85. The van der Waals surface area contributed by atoms with Gasteiger partial charge in [-0.3, -0.25) is 9.52 Å². The van der Waals surface area contributed by atoms with Crippen molar-refractivity contribution < 1.29 is 18.3 Å². The molecule has 2 aromatic rings. The summed E-state index contributed by atoms with van der Waals surface area (Å²) < 4.78 is 29.0. The molecular formula is C21H26N2O4S. The Labute approximate surface area is 166 Å². The number of Topliss-reactive ketones (excluding diaryl/α,β-unsaturated/α-hetero) is 1. The average Bonchev–Trinajstić information content (AvgIpc) is 2.63. The first kappa shape index (κ1) is 20.4. The van der Waals surface area contributed by atoms with E-state index >= 15 is 0 Å². The monoisotopic (exact) mass is 402 g/mol. The minimum absolute atomic E-state index is 0.124. The Morgan fingerprint density at radius 2 is 1.82 bits per heavy atom. The van der Waals surface area contributed by atoms with Crippen molar-refractivity contribution in [3.63, 3.8) is 0 Å². The van der Waals surface area contributed by atoms with Gasteiger partial charge in [-0.2, -0.15) is 0 Å². The lowest BCUT2D eigenvalue weighted by molar-refractivity contribution is -0.118. The van der Waals surface area contributed by atoms with Crippen LogP contribution in [0.3, 0.4) is 0 Å². The Bertz CT molecular complexity index is 1020. The SMILES string of the molecule is Cc1ccc(NS(=O)(=O)c2cc3c(cc2NC(C)CO)CC(=O)CC3)cc1C. The number of rotatable bonds is 6. The number of hydrogen-bond donors (Lipinski definition) is 3. The van der Waals surface area contributed by atoms with Crippen molar-refractivity contribution in [2.75, 3.05) is 16.6 Å². The molecule has 3 rings (SSSR count). The fourth-order valence-corrected chi connectivity index (χ4v) is 4.55. The number of aryl methyl sites for hydroxylation is 3. The first-order chi connectivity index (χ1) is 13.2. The van der Waals surface area contributed by atoms with E-state index in [1.54, 1.807) is 31.2 Å². The molecule has 28 heavy (non-hydrogen) atoms. The molecule has 6 nitrogen and oxygen atoms in total. The van der Waals surface area contributed by atoms with Crippen LogP contribution in [-0.4, -0.2) is 32.0 Å². The predicted molar refractivity (Wildman–Crippen MR) is 110 cm³/mol. The van der Waals surface area contributed by atoms with Gasteiger partial charge in [-0.1, -0.05) is 6.07 Å². The summed E-state index contributed by atoms with van der Waals surface area (Å²) in [6.07, 6.45) is 1.27. The number of aliphatic hydroxyl groups excluding tert-OH is 1. The second-order valence-corrected chi connectivity index (χ2v) is 9.12. The van der Waals surface area contributed by atoms with Crippen LogP contribution in [0.5, 0.6) is 0 Å². The number of anilines is 2.